The third kappa shape index (κ3) is 2.38. The van der Waals surface area contributed by atoms with E-state index in [1.54, 1.807) is 0 Å². The molecule has 3 nitrogen and oxygen atoms in total. The highest BCUT2D eigenvalue weighted by Gasteiger charge is 2.35. The fraction of sp³-hybridized carbons (Fsp3) is 0.529. The van der Waals surface area contributed by atoms with Gasteiger partial charge in [-0.3, -0.25) is 9.36 Å². The highest BCUT2D eigenvalue weighted by Crippen LogP contribution is 2.38. The molecule has 0 saturated heterocycles. The molecule has 4 heteroatoms. The van der Waals surface area contributed by atoms with E-state index in [0.29, 0.717) is 5.39 Å². The van der Waals surface area contributed by atoms with Crippen LogP contribution < -0.4 is 5.56 Å². The SMILES string of the molecule is CCC(Cl)c1nc2ccccc2c(=O)n1C1(C)CCCC1. The molecule has 1 heterocycles. The molecule has 1 aliphatic rings. The van der Waals surface area contributed by atoms with Gasteiger partial charge in [-0.25, -0.2) is 4.98 Å². The Balaban J connectivity index is 2.34. The Morgan fingerprint density at radius 2 is 2.00 bits per heavy atom. The monoisotopic (exact) mass is 304 g/mol. The van der Waals surface area contributed by atoms with Crippen LogP contribution in [0.2, 0.25) is 0 Å². The lowest BCUT2D eigenvalue weighted by Gasteiger charge is -2.30. The van der Waals surface area contributed by atoms with Crippen molar-refractivity contribution in [2.75, 3.05) is 0 Å². The summed E-state index contributed by atoms with van der Waals surface area (Å²) in [6.45, 7) is 4.20. The van der Waals surface area contributed by atoms with E-state index >= 15 is 0 Å². The summed E-state index contributed by atoms with van der Waals surface area (Å²) in [5.41, 5.74) is 0.653. The molecular formula is C17H21ClN2O. The lowest BCUT2D eigenvalue weighted by molar-refractivity contribution is 0.304. The Morgan fingerprint density at radius 3 is 2.67 bits per heavy atom. The highest BCUT2D eigenvalue weighted by atomic mass is 35.5. The van der Waals surface area contributed by atoms with Gasteiger partial charge in [0.25, 0.3) is 5.56 Å². The Hall–Kier alpha value is -1.35. The number of benzene rings is 1. The van der Waals surface area contributed by atoms with E-state index < -0.39 is 0 Å². The molecule has 2 aromatic rings. The minimum Gasteiger partial charge on any atom is -0.289 e. The number of rotatable bonds is 3. The molecule has 0 amide bonds. The fourth-order valence-electron chi connectivity index (χ4n) is 3.42. The first-order chi connectivity index (χ1) is 10.1. The Kier molecular flexibility index (Phi) is 3.78. The second kappa shape index (κ2) is 5.45. The fourth-order valence-corrected chi connectivity index (χ4v) is 3.57. The first kappa shape index (κ1) is 14.6. The van der Waals surface area contributed by atoms with Gasteiger partial charge < -0.3 is 0 Å². The summed E-state index contributed by atoms with van der Waals surface area (Å²) < 4.78 is 1.89. The first-order valence-electron chi connectivity index (χ1n) is 7.73. The summed E-state index contributed by atoms with van der Waals surface area (Å²) in [5, 5.41) is 0.467. The number of hydrogen-bond donors (Lipinski definition) is 0. The summed E-state index contributed by atoms with van der Waals surface area (Å²) in [7, 11) is 0. The van der Waals surface area contributed by atoms with Gasteiger partial charge in [-0.05, 0) is 38.3 Å². The molecular weight excluding hydrogens is 284 g/mol. The van der Waals surface area contributed by atoms with E-state index in [2.05, 4.69) is 6.92 Å². The topological polar surface area (TPSA) is 34.9 Å². The number of alkyl halides is 1. The van der Waals surface area contributed by atoms with E-state index in [-0.39, 0.29) is 16.5 Å². The third-order valence-corrected chi connectivity index (χ3v) is 5.16. The van der Waals surface area contributed by atoms with Crippen LogP contribution in [0.4, 0.5) is 0 Å². The van der Waals surface area contributed by atoms with Crippen molar-refractivity contribution in [1.82, 2.24) is 9.55 Å². The number of fused-ring (bicyclic) bond motifs is 1. The van der Waals surface area contributed by atoms with Gasteiger partial charge in [-0.1, -0.05) is 31.9 Å². The number of aromatic nitrogens is 2. The standard InChI is InChI=1S/C17H21ClN2O/c1-3-13(18)15-19-14-9-5-4-8-12(14)16(21)20(15)17(2)10-6-7-11-17/h4-5,8-9,13H,3,6-7,10-11H2,1-2H3. The van der Waals surface area contributed by atoms with Crippen LogP contribution in [0.3, 0.4) is 0 Å². The zero-order valence-corrected chi connectivity index (χ0v) is 13.4. The van der Waals surface area contributed by atoms with Crippen LogP contribution in [0.1, 0.15) is 57.2 Å². The molecule has 0 radical (unpaired) electrons. The summed E-state index contributed by atoms with van der Waals surface area (Å²) in [6, 6.07) is 7.55. The van der Waals surface area contributed by atoms with Crippen LogP contribution in [0, 0.1) is 0 Å². The second-order valence-corrected chi connectivity index (χ2v) is 6.73. The number of hydrogen-bond acceptors (Lipinski definition) is 2. The predicted molar refractivity (Wildman–Crippen MR) is 87.0 cm³/mol. The van der Waals surface area contributed by atoms with Gasteiger partial charge >= 0.3 is 0 Å². The number of halogens is 1. The molecule has 1 aromatic heterocycles. The van der Waals surface area contributed by atoms with E-state index in [0.717, 1.165) is 43.4 Å². The molecule has 0 aliphatic heterocycles. The maximum atomic E-state index is 13.0. The molecule has 1 aromatic carbocycles. The van der Waals surface area contributed by atoms with Crippen molar-refractivity contribution in [2.45, 2.75) is 56.9 Å². The van der Waals surface area contributed by atoms with Gasteiger partial charge in [0.1, 0.15) is 5.82 Å². The van der Waals surface area contributed by atoms with Gasteiger partial charge in [-0.15, -0.1) is 11.6 Å². The summed E-state index contributed by atoms with van der Waals surface area (Å²) in [6.07, 6.45) is 5.13. The molecule has 0 bridgehead atoms. The third-order valence-electron chi connectivity index (χ3n) is 4.66. The molecule has 1 fully saturated rings. The zero-order chi connectivity index (χ0) is 15.0. The van der Waals surface area contributed by atoms with Gasteiger partial charge in [0, 0.05) is 5.54 Å². The Morgan fingerprint density at radius 1 is 1.33 bits per heavy atom. The maximum absolute atomic E-state index is 13.0. The molecule has 0 N–H and O–H groups in total. The van der Waals surface area contributed by atoms with Crippen molar-refractivity contribution >= 4 is 22.5 Å². The second-order valence-electron chi connectivity index (χ2n) is 6.21. The van der Waals surface area contributed by atoms with E-state index in [9.17, 15) is 4.79 Å². The first-order valence-corrected chi connectivity index (χ1v) is 8.17. The molecule has 3 rings (SSSR count). The lowest BCUT2D eigenvalue weighted by atomic mass is 9.99. The summed E-state index contributed by atoms with van der Waals surface area (Å²) in [4.78, 5) is 17.8. The summed E-state index contributed by atoms with van der Waals surface area (Å²) in [5.74, 6) is 0.729. The van der Waals surface area contributed by atoms with Crippen LogP contribution in [-0.4, -0.2) is 9.55 Å². The maximum Gasteiger partial charge on any atom is 0.261 e. The molecule has 1 saturated carbocycles. The van der Waals surface area contributed by atoms with Crippen LogP contribution >= 0.6 is 11.6 Å². The average molecular weight is 305 g/mol. The van der Waals surface area contributed by atoms with Crippen molar-refractivity contribution in [1.29, 1.82) is 0 Å². The van der Waals surface area contributed by atoms with Crippen molar-refractivity contribution < 1.29 is 0 Å². The normalized spacial score (nSPS) is 19.0. The molecule has 1 unspecified atom stereocenters. The van der Waals surface area contributed by atoms with E-state index in [1.807, 2.05) is 35.8 Å². The molecule has 1 aliphatic carbocycles. The minimum atomic E-state index is -0.222. The predicted octanol–water partition coefficient (Wildman–Crippen LogP) is 4.38. The van der Waals surface area contributed by atoms with Crippen LogP contribution in [-0.2, 0) is 5.54 Å². The minimum absolute atomic E-state index is 0.0547. The summed E-state index contributed by atoms with van der Waals surface area (Å²) >= 11 is 6.49. The smallest absolute Gasteiger partial charge is 0.261 e. The highest BCUT2D eigenvalue weighted by molar-refractivity contribution is 6.20. The van der Waals surface area contributed by atoms with E-state index in [1.165, 1.54) is 0 Å². The Bertz CT molecular complexity index is 716. The van der Waals surface area contributed by atoms with Gasteiger partial charge in [0.2, 0.25) is 0 Å². The lowest BCUT2D eigenvalue weighted by Crippen LogP contribution is -2.40. The van der Waals surface area contributed by atoms with Crippen molar-refractivity contribution in [2.24, 2.45) is 0 Å². The largest absolute Gasteiger partial charge is 0.289 e. The van der Waals surface area contributed by atoms with Gasteiger partial charge in [-0.2, -0.15) is 0 Å². The number of para-hydroxylation sites is 1. The average Bonchev–Trinajstić information content (AvgIpc) is 2.93. The van der Waals surface area contributed by atoms with Crippen molar-refractivity contribution in [3.05, 3.63) is 40.4 Å². The van der Waals surface area contributed by atoms with Crippen molar-refractivity contribution in [3.63, 3.8) is 0 Å². The van der Waals surface area contributed by atoms with Gasteiger partial charge in [0.05, 0.1) is 16.3 Å². The molecule has 0 spiro atoms. The Labute approximate surface area is 130 Å². The van der Waals surface area contributed by atoms with E-state index in [4.69, 9.17) is 16.6 Å². The molecule has 112 valence electrons. The van der Waals surface area contributed by atoms with Crippen LogP contribution in [0.15, 0.2) is 29.1 Å². The quantitative estimate of drug-likeness (QED) is 0.789. The molecule has 1 atom stereocenters. The van der Waals surface area contributed by atoms with Crippen molar-refractivity contribution in [3.8, 4) is 0 Å². The number of nitrogens with zero attached hydrogens (tertiary/aromatic N) is 2. The molecule has 21 heavy (non-hydrogen) atoms. The van der Waals surface area contributed by atoms with Crippen LogP contribution in [0.25, 0.3) is 10.9 Å². The zero-order valence-electron chi connectivity index (χ0n) is 12.6. The van der Waals surface area contributed by atoms with Gasteiger partial charge in [0.15, 0.2) is 0 Å². The van der Waals surface area contributed by atoms with Crippen LogP contribution in [0.5, 0.6) is 0 Å².